The van der Waals surface area contributed by atoms with E-state index in [0.717, 1.165) is 55.5 Å². The highest BCUT2D eigenvalue weighted by atomic mass is 16.5. The molecular formula is C27H38N2O3. The number of benzene rings is 2. The van der Waals surface area contributed by atoms with E-state index >= 15 is 0 Å². The van der Waals surface area contributed by atoms with Gasteiger partial charge in [-0.15, -0.1) is 0 Å². The Morgan fingerprint density at radius 2 is 1.59 bits per heavy atom. The van der Waals surface area contributed by atoms with Crippen molar-refractivity contribution in [2.75, 3.05) is 13.7 Å². The van der Waals surface area contributed by atoms with Crippen LogP contribution in [0.1, 0.15) is 56.2 Å². The molecule has 0 aliphatic carbocycles. The number of rotatable bonds is 8. The summed E-state index contributed by atoms with van der Waals surface area (Å²) in [5.41, 5.74) is 1.70. The van der Waals surface area contributed by atoms with E-state index in [9.17, 15) is 10.2 Å². The summed E-state index contributed by atoms with van der Waals surface area (Å²) in [6.07, 6.45) is 5.69. The third kappa shape index (κ3) is 5.18. The van der Waals surface area contributed by atoms with E-state index in [2.05, 4.69) is 34.9 Å². The molecule has 0 aromatic heterocycles. The van der Waals surface area contributed by atoms with Crippen LogP contribution < -0.4 is 15.4 Å². The van der Waals surface area contributed by atoms with Gasteiger partial charge in [-0.3, -0.25) is 0 Å². The summed E-state index contributed by atoms with van der Waals surface area (Å²) >= 11 is 0. The van der Waals surface area contributed by atoms with Crippen molar-refractivity contribution in [3.05, 3.63) is 65.2 Å². The standard InChI is InChI=1S/C27H38N2O3/c1-26(30,18-20-8-13-23(32-3)14-9-20)24-15-12-22(29-24)17-19-6-10-21(11-7-19)27(2,31)25-5-4-16-28-25/h6-11,13-14,22,24-25,28-31H,4-5,12,15-18H2,1-3H3/t22?,24-,25-,26+,27+/m0/s1. The summed E-state index contributed by atoms with van der Waals surface area (Å²) in [5.74, 6) is 0.833. The molecule has 4 rings (SSSR count). The maximum absolute atomic E-state index is 11.2. The Morgan fingerprint density at radius 1 is 0.906 bits per heavy atom. The summed E-state index contributed by atoms with van der Waals surface area (Å²) in [6.45, 7) is 4.83. The molecule has 1 unspecified atom stereocenters. The van der Waals surface area contributed by atoms with Crippen molar-refractivity contribution in [2.45, 2.75) is 81.7 Å². The Labute approximate surface area is 192 Å². The van der Waals surface area contributed by atoms with Gasteiger partial charge in [-0.2, -0.15) is 0 Å². The van der Waals surface area contributed by atoms with E-state index in [1.165, 1.54) is 5.56 Å². The summed E-state index contributed by atoms with van der Waals surface area (Å²) in [6, 6.07) is 16.9. The van der Waals surface area contributed by atoms with Crippen molar-refractivity contribution >= 4 is 0 Å². The second-order valence-corrected chi connectivity index (χ2v) is 10.1. The number of hydrogen-bond acceptors (Lipinski definition) is 5. The van der Waals surface area contributed by atoms with Crippen molar-refractivity contribution in [1.29, 1.82) is 0 Å². The number of hydrogen-bond donors (Lipinski definition) is 4. The van der Waals surface area contributed by atoms with Crippen LogP contribution in [-0.4, -0.2) is 47.6 Å². The van der Waals surface area contributed by atoms with Crippen LogP contribution in [0.3, 0.4) is 0 Å². The fourth-order valence-electron chi connectivity index (χ4n) is 5.38. The molecule has 0 saturated carbocycles. The average molecular weight is 439 g/mol. The van der Waals surface area contributed by atoms with Crippen LogP contribution >= 0.6 is 0 Å². The van der Waals surface area contributed by atoms with Crippen LogP contribution in [0.25, 0.3) is 0 Å². The number of aliphatic hydroxyl groups is 2. The highest BCUT2D eigenvalue weighted by Gasteiger charge is 2.38. The minimum absolute atomic E-state index is 0.0723. The smallest absolute Gasteiger partial charge is 0.118 e. The van der Waals surface area contributed by atoms with Gasteiger partial charge < -0.3 is 25.6 Å². The SMILES string of the molecule is COc1ccc(C[C@@](C)(O)[C@@H]2CCC(Cc3ccc([C@@](C)(O)[C@@H]4CCCN4)cc3)N2)cc1. The quantitative estimate of drug-likeness (QED) is 0.509. The van der Waals surface area contributed by atoms with Crippen molar-refractivity contribution in [1.82, 2.24) is 10.6 Å². The van der Waals surface area contributed by atoms with Crippen molar-refractivity contribution in [3.8, 4) is 5.75 Å². The first-order valence-corrected chi connectivity index (χ1v) is 11.9. The van der Waals surface area contributed by atoms with Crippen molar-refractivity contribution in [3.63, 3.8) is 0 Å². The predicted octanol–water partition coefficient (Wildman–Crippen LogP) is 3.31. The zero-order valence-corrected chi connectivity index (χ0v) is 19.6. The number of ether oxygens (including phenoxy) is 1. The van der Waals surface area contributed by atoms with Crippen LogP contribution in [0.2, 0.25) is 0 Å². The monoisotopic (exact) mass is 438 g/mol. The molecular weight excluding hydrogens is 400 g/mol. The van der Waals surface area contributed by atoms with Gasteiger partial charge in [0.2, 0.25) is 0 Å². The third-order valence-electron chi connectivity index (χ3n) is 7.47. The molecule has 0 bridgehead atoms. The van der Waals surface area contributed by atoms with E-state index in [-0.39, 0.29) is 12.1 Å². The van der Waals surface area contributed by atoms with E-state index < -0.39 is 11.2 Å². The molecule has 5 atom stereocenters. The predicted molar refractivity (Wildman–Crippen MR) is 128 cm³/mol. The molecule has 2 aliphatic heterocycles. The third-order valence-corrected chi connectivity index (χ3v) is 7.47. The molecule has 4 N–H and O–H groups in total. The van der Waals surface area contributed by atoms with E-state index in [0.29, 0.717) is 12.5 Å². The summed E-state index contributed by atoms with van der Waals surface area (Å²) < 4.78 is 5.23. The summed E-state index contributed by atoms with van der Waals surface area (Å²) in [4.78, 5) is 0. The molecule has 2 aromatic rings. The molecule has 174 valence electrons. The molecule has 0 radical (unpaired) electrons. The maximum atomic E-state index is 11.2. The molecule has 0 amide bonds. The molecule has 2 heterocycles. The normalized spacial score (nSPS) is 27.1. The highest BCUT2D eigenvalue weighted by Crippen LogP contribution is 2.31. The summed E-state index contributed by atoms with van der Waals surface area (Å²) in [5, 5.41) is 29.3. The molecule has 5 heteroatoms. The first-order chi connectivity index (χ1) is 15.3. The van der Waals surface area contributed by atoms with Crippen LogP contribution in [0.5, 0.6) is 5.75 Å². The minimum Gasteiger partial charge on any atom is -0.497 e. The molecule has 2 aromatic carbocycles. The Morgan fingerprint density at radius 3 is 2.22 bits per heavy atom. The Balaban J connectivity index is 1.33. The van der Waals surface area contributed by atoms with Gasteiger partial charge in [0, 0.05) is 24.5 Å². The Bertz CT molecular complexity index is 871. The van der Waals surface area contributed by atoms with Gasteiger partial charge in [0.05, 0.1) is 12.7 Å². The van der Waals surface area contributed by atoms with Gasteiger partial charge in [0.25, 0.3) is 0 Å². The van der Waals surface area contributed by atoms with E-state index in [1.807, 2.05) is 38.1 Å². The van der Waals surface area contributed by atoms with E-state index in [4.69, 9.17) is 4.74 Å². The molecule has 32 heavy (non-hydrogen) atoms. The second-order valence-electron chi connectivity index (χ2n) is 10.1. The largest absolute Gasteiger partial charge is 0.497 e. The average Bonchev–Trinajstić information content (AvgIpc) is 3.48. The molecule has 5 nitrogen and oxygen atoms in total. The zero-order chi connectivity index (χ0) is 22.8. The van der Waals surface area contributed by atoms with Gasteiger partial charge in [0.1, 0.15) is 11.4 Å². The maximum Gasteiger partial charge on any atom is 0.118 e. The lowest BCUT2D eigenvalue weighted by Crippen LogP contribution is -2.49. The lowest BCUT2D eigenvalue weighted by Gasteiger charge is -2.31. The first kappa shape index (κ1) is 23.2. The topological polar surface area (TPSA) is 73.8 Å². The van der Waals surface area contributed by atoms with Gasteiger partial charge in [-0.05, 0) is 81.3 Å². The molecule has 0 spiro atoms. The highest BCUT2D eigenvalue weighted by molar-refractivity contribution is 5.30. The van der Waals surface area contributed by atoms with Crippen LogP contribution in [-0.2, 0) is 18.4 Å². The lowest BCUT2D eigenvalue weighted by atomic mass is 9.86. The van der Waals surface area contributed by atoms with Gasteiger partial charge in [0.15, 0.2) is 0 Å². The second kappa shape index (κ2) is 9.52. The van der Waals surface area contributed by atoms with Crippen molar-refractivity contribution < 1.29 is 14.9 Å². The lowest BCUT2D eigenvalue weighted by molar-refractivity contribution is 0.0217. The molecule has 2 fully saturated rings. The minimum atomic E-state index is -0.841. The zero-order valence-electron chi connectivity index (χ0n) is 19.6. The number of methoxy groups -OCH3 is 1. The number of nitrogens with one attached hydrogen (secondary N) is 2. The summed E-state index contributed by atoms with van der Waals surface area (Å²) in [7, 11) is 1.66. The van der Waals surface area contributed by atoms with Crippen molar-refractivity contribution in [2.24, 2.45) is 0 Å². The van der Waals surface area contributed by atoms with Gasteiger partial charge in [-0.25, -0.2) is 0 Å². The van der Waals surface area contributed by atoms with Gasteiger partial charge in [-0.1, -0.05) is 36.4 Å². The molecule has 2 aliphatic rings. The fraction of sp³-hybridized carbons (Fsp3) is 0.556. The molecule has 2 saturated heterocycles. The van der Waals surface area contributed by atoms with E-state index in [1.54, 1.807) is 7.11 Å². The Kier molecular flexibility index (Phi) is 6.91. The Hall–Kier alpha value is -1.92. The van der Waals surface area contributed by atoms with Crippen LogP contribution in [0.4, 0.5) is 0 Å². The first-order valence-electron chi connectivity index (χ1n) is 11.9. The van der Waals surface area contributed by atoms with Crippen LogP contribution in [0.15, 0.2) is 48.5 Å². The fourth-order valence-corrected chi connectivity index (χ4v) is 5.38. The van der Waals surface area contributed by atoms with Crippen LogP contribution in [0, 0.1) is 0 Å². The van der Waals surface area contributed by atoms with Gasteiger partial charge >= 0.3 is 0 Å².